The van der Waals surface area contributed by atoms with Crippen molar-refractivity contribution in [2.24, 2.45) is 0 Å². The van der Waals surface area contributed by atoms with E-state index < -0.39 is 0 Å². The molecule has 0 saturated carbocycles. The molecular formula is C14H17N3O2S2. The number of rotatable bonds is 4. The fraction of sp³-hybridized carbons (Fsp3) is 0.429. The molecule has 2 aromatic heterocycles. The van der Waals surface area contributed by atoms with Gasteiger partial charge in [-0.1, -0.05) is 6.07 Å². The SMILES string of the molecule is CN(Cc1csc(-c2cccs2)n1)C(=O)[C@H]1CNCCO1. The van der Waals surface area contributed by atoms with Gasteiger partial charge in [-0.2, -0.15) is 0 Å². The molecule has 1 N–H and O–H groups in total. The summed E-state index contributed by atoms with van der Waals surface area (Å²) in [5.41, 5.74) is 0.919. The lowest BCUT2D eigenvalue weighted by atomic mass is 10.2. The first kappa shape index (κ1) is 14.6. The Morgan fingerprint density at radius 1 is 1.57 bits per heavy atom. The van der Waals surface area contributed by atoms with E-state index >= 15 is 0 Å². The Morgan fingerprint density at radius 3 is 3.19 bits per heavy atom. The molecule has 2 aromatic rings. The van der Waals surface area contributed by atoms with E-state index in [4.69, 9.17) is 4.74 Å². The number of aromatic nitrogens is 1. The molecule has 5 nitrogen and oxygen atoms in total. The molecule has 21 heavy (non-hydrogen) atoms. The van der Waals surface area contributed by atoms with Crippen LogP contribution in [0.1, 0.15) is 5.69 Å². The molecule has 112 valence electrons. The van der Waals surface area contributed by atoms with Crippen LogP contribution in [0.15, 0.2) is 22.9 Å². The van der Waals surface area contributed by atoms with E-state index in [2.05, 4.69) is 16.4 Å². The summed E-state index contributed by atoms with van der Waals surface area (Å²) in [6, 6.07) is 4.08. The van der Waals surface area contributed by atoms with Gasteiger partial charge in [0.1, 0.15) is 11.1 Å². The molecule has 1 aliphatic heterocycles. The van der Waals surface area contributed by atoms with Gasteiger partial charge in [0.25, 0.3) is 5.91 Å². The number of hydrogen-bond acceptors (Lipinski definition) is 6. The molecule has 0 aliphatic carbocycles. The Balaban J connectivity index is 1.62. The number of amides is 1. The van der Waals surface area contributed by atoms with Crippen molar-refractivity contribution in [2.45, 2.75) is 12.6 Å². The monoisotopic (exact) mass is 323 g/mol. The van der Waals surface area contributed by atoms with Crippen molar-refractivity contribution in [3.05, 3.63) is 28.6 Å². The average Bonchev–Trinajstić information content (AvgIpc) is 3.18. The van der Waals surface area contributed by atoms with Gasteiger partial charge in [0.2, 0.25) is 0 Å². The summed E-state index contributed by atoms with van der Waals surface area (Å²) in [7, 11) is 1.80. The number of thiophene rings is 1. The van der Waals surface area contributed by atoms with Crippen LogP contribution in [-0.2, 0) is 16.1 Å². The summed E-state index contributed by atoms with van der Waals surface area (Å²) in [5.74, 6) is 0.00729. The van der Waals surface area contributed by atoms with Crippen molar-refractivity contribution in [1.82, 2.24) is 15.2 Å². The molecule has 1 aliphatic rings. The van der Waals surface area contributed by atoms with Gasteiger partial charge in [-0.05, 0) is 11.4 Å². The second-order valence-electron chi connectivity index (χ2n) is 4.88. The van der Waals surface area contributed by atoms with Crippen LogP contribution in [0.3, 0.4) is 0 Å². The predicted molar refractivity (Wildman–Crippen MR) is 84.5 cm³/mol. The molecule has 1 saturated heterocycles. The second kappa shape index (κ2) is 6.65. The Kier molecular flexibility index (Phi) is 4.64. The van der Waals surface area contributed by atoms with Crippen molar-refractivity contribution in [1.29, 1.82) is 0 Å². The van der Waals surface area contributed by atoms with Crippen molar-refractivity contribution in [3.8, 4) is 9.88 Å². The van der Waals surface area contributed by atoms with Crippen molar-refractivity contribution in [3.63, 3.8) is 0 Å². The standard InChI is InChI=1S/C14H17N3O2S2/c1-17(14(18)11-7-15-4-5-19-11)8-10-9-21-13(16-10)12-3-2-6-20-12/h2-3,6,9,11,15H,4-5,7-8H2,1H3/t11-/m1/s1. The number of ether oxygens (including phenoxy) is 1. The van der Waals surface area contributed by atoms with E-state index in [0.29, 0.717) is 19.7 Å². The highest BCUT2D eigenvalue weighted by molar-refractivity contribution is 7.20. The predicted octanol–water partition coefficient (Wildman–Crippen LogP) is 1.82. The Morgan fingerprint density at radius 2 is 2.48 bits per heavy atom. The molecule has 7 heteroatoms. The first-order valence-electron chi connectivity index (χ1n) is 6.79. The van der Waals surface area contributed by atoms with E-state index in [0.717, 1.165) is 17.2 Å². The fourth-order valence-electron chi connectivity index (χ4n) is 2.18. The molecule has 0 radical (unpaired) electrons. The van der Waals surface area contributed by atoms with E-state index in [1.165, 1.54) is 4.88 Å². The van der Waals surface area contributed by atoms with Crippen LogP contribution in [0.5, 0.6) is 0 Å². The minimum Gasteiger partial charge on any atom is -0.366 e. The van der Waals surface area contributed by atoms with E-state index in [1.54, 1.807) is 34.6 Å². The molecular weight excluding hydrogens is 306 g/mol. The molecule has 1 amide bonds. The molecule has 0 bridgehead atoms. The summed E-state index contributed by atoms with van der Waals surface area (Å²) in [4.78, 5) is 19.7. The summed E-state index contributed by atoms with van der Waals surface area (Å²) < 4.78 is 5.49. The Labute approximate surface area is 131 Å². The number of morpholine rings is 1. The number of thiazole rings is 1. The maximum absolute atomic E-state index is 12.3. The third-order valence-corrected chi connectivity index (χ3v) is 5.19. The van der Waals surface area contributed by atoms with Gasteiger partial charge in [-0.3, -0.25) is 4.79 Å². The highest BCUT2D eigenvalue weighted by Crippen LogP contribution is 2.28. The second-order valence-corrected chi connectivity index (χ2v) is 6.68. The van der Waals surface area contributed by atoms with Crippen LogP contribution < -0.4 is 5.32 Å². The van der Waals surface area contributed by atoms with Crippen LogP contribution in [0.25, 0.3) is 9.88 Å². The number of carbonyl (C=O) groups is 1. The van der Waals surface area contributed by atoms with Crippen molar-refractivity contribution in [2.75, 3.05) is 26.7 Å². The highest BCUT2D eigenvalue weighted by atomic mass is 32.1. The van der Waals surface area contributed by atoms with E-state index in [-0.39, 0.29) is 12.0 Å². The lowest BCUT2D eigenvalue weighted by Crippen LogP contribution is -2.48. The van der Waals surface area contributed by atoms with Crippen LogP contribution in [0.2, 0.25) is 0 Å². The number of carbonyl (C=O) groups excluding carboxylic acids is 1. The van der Waals surface area contributed by atoms with Crippen molar-refractivity contribution >= 4 is 28.6 Å². The lowest BCUT2D eigenvalue weighted by molar-refractivity contribution is -0.144. The lowest BCUT2D eigenvalue weighted by Gasteiger charge is -2.26. The van der Waals surface area contributed by atoms with Gasteiger partial charge >= 0.3 is 0 Å². The summed E-state index contributed by atoms with van der Waals surface area (Å²) >= 11 is 3.29. The molecule has 0 spiro atoms. The van der Waals surface area contributed by atoms with Crippen LogP contribution in [-0.4, -0.2) is 48.6 Å². The smallest absolute Gasteiger partial charge is 0.253 e. The van der Waals surface area contributed by atoms with Crippen LogP contribution >= 0.6 is 22.7 Å². The van der Waals surface area contributed by atoms with Gasteiger partial charge in [0.05, 0.1) is 23.7 Å². The zero-order chi connectivity index (χ0) is 14.7. The van der Waals surface area contributed by atoms with Crippen LogP contribution in [0.4, 0.5) is 0 Å². The summed E-state index contributed by atoms with van der Waals surface area (Å²) in [5, 5.41) is 8.24. The zero-order valence-electron chi connectivity index (χ0n) is 11.7. The number of likely N-dealkylation sites (N-methyl/N-ethyl adjacent to an activating group) is 1. The minimum atomic E-state index is -0.376. The summed E-state index contributed by atoms with van der Waals surface area (Å²) in [6.07, 6.45) is -0.376. The first-order valence-corrected chi connectivity index (χ1v) is 8.55. The molecule has 3 heterocycles. The number of nitrogens with zero attached hydrogens (tertiary/aromatic N) is 2. The number of hydrogen-bond donors (Lipinski definition) is 1. The fourth-order valence-corrected chi connectivity index (χ4v) is 3.81. The van der Waals surface area contributed by atoms with Crippen molar-refractivity contribution < 1.29 is 9.53 Å². The topological polar surface area (TPSA) is 54.5 Å². The molecule has 0 aromatic carbocycles. The normalized spacial score (nSPS) is 18.6. The van der Waals surface area contributed by atoms with E-state index in [1.807, 2.05) is 16.8 Å². The summed E-state index contributed by atoms with van der Waals surface area (Å²) in [6.45, 7) is 2.49. The van der Waals surface area contributed by atoms with Crippen LogP contribution in [0, 0.1) is 0 Å². The highest BCUT2D eigenvalue weighted by Gasteiger charge is 2.25. The van der Waals surface area contributed by atoms with Gasteiger partial charge in [0.15, 0.2) is 0 Å². The largest absolute Gasteiger partial charge is 0.366 e. The maximum atomic E-state index is 12.3. The average molecular weight is 323 g/mol. The Hall–Kier alpha value is -1.28. The number of nitrogens with one attached hydrogen (secondary N) is 1. The minimum absolute atomic E-state index is 0.00729. The molecule has 1 atom stereocenters. The third-order valence-electron chi connectivity index (χ3n) is 3.26. The zero-order valence-corrected chi connectivity index (χ0v) is 13.4. The van der Waals surface area contributed by atoms with Gasteiger partial charge in [-0.15, -0.1) is 22.7 Å². The quantitative estimate of drug-likeness (QED) is 0.932. The van der Waals surface area contributed by atoms with Gasteiger partial charge in [-0.25, -0.2) is 4.98 Å². The first-order chi connectivity index (χ1) is 10.2. The molecule has 1 fully saturated rings. The Bertz CT molecular complexity index is 591. The van der Waals surface area contributed by atoms with Gasteiger partial charge in [0, 0.05) is 25.5 Å². The third kappa shape index (κ3) is 3.49. The van der Waals surface area contributed by atoms with Gasteiger partial charge < -0.3 is 15.0 Å². The maximum Gasteiger partial charge on any atom is 0.253 e. The molecule has 0 unspecified atom stereocenters. The molecule has 3 rings (SSSR count). The van der Waals surface area contributed by atoms with E-state index in [9.17, 15) is 4.79 Å².